The van der Waals surface area contributed by atoms with E-state index in [1.807, 2.05) is 13.8 Å². The minimum atomic E-state index is 1.06. The van der Waals surface area contributed by atoms with Crippen molar-refractivity contribution in [1.82, 2.24) is 4.98 Å². The molecule has 0 spiro atoms. The summed E-state index contributed by atoms with van der Waals surface area (Å²) in [5.74, 6) is 0. The molecule has 0 saturated carbocycles. The summed E-state index contributed by atoms with van der Waals surface area (Å²) in [6.45, 7) is 4.00. The van der Waals surface area contributed by atoms with Gasteiger partial charge in [0.05, 0.1) is 5.69 Å². The second-order valence-electron chi connectivity index (χ2n) is 4.36. The molecule has 1 aliphatic rings. The van der Waals surface area contributed by atoms with Crippen molar-refractivity contribution in [2.24, 2.45) is 0 Å². The zero-order valence-corrected chi connectivity index (χ0v) is 10.8. The van der Waals surface area contributed by atoms with Gasteiger partial charge in [-0.15, -0.1) is 0 Å². The van der Waals surface area contributed by atoms with Crippen LogP contribution in [-0.4, -0.2) is 4.98 Å². The lowest BCUT2D eigenvalue weighted by Gasteiger charge is -1.97. The number of para-hydroxylation sites is 1. The highest BCUT2D eigenvalue weighted by atomic mass is 14.7. The summed E-state index contributed by atoms with van der Waals surface area (Å²) in [5, 5.41) is 1.37. The molecule has 1 N–H and O–H groups in total. The molecule has 4 rings (SSSR count). The molecule has 0 radical (unpaired) electrons. The molecule has 1 aromatic heterocycles. The van der Waals surface area contributed by atoms with Gasteiger partial charge in [-0.2, -0.15) is 0 Å². The summed E-state index contributed by atoms with van der Waals surface area (Å²) in [6, 6.07) is 17.2. The van der Waals surface area contributed by atoms with Crippen LogP contribution in [0.2, 0.25) is 0 Å². The molecule has 1 aliphatic carbocycles. The molecular formula is C17H17N. The van der Waals surface area contributed by atoms with Crippen LogP contribution in [0.3, 0.4) is 0 Å². The Morgan fingerprint density at radius 3 is 2.50 bits per heavy atom. The lowest BCUT2D eigenvalue weighted by Crippen LogP contribution is -1.80. The molecule has 90 valence electrons. The third-order valence-corrected chi connectivity index (χ3v) is 3.47. The van der Waals surface area contributed by atoms with Crippen LogP contribution in [0.4, 0.5) is 0 Å². The minimum Gasteiger partial charge on any atom is -0.354 e. The van der Waals surface area contributed by atoms with E-state index in [1.165, 1.54) is 33.3 Å². The van der Waals surface area contributed by atoms with Gasteiger partial charge in [0.15, 0.2) is 0 Å². The number of fused-ring (bicyclic) bond motifs is 5. The van der Waals surface area contributed by atoms with Gasteiger partial charge in [0, 0.05) is 22.9 Å². The lowest BCUT2D eigenvalue weighted by atomic mass is 10.1. The smallest absolute Gasteiger partial charge is 0.0503 e. The highest BCUT2D eigenvalue weighted by Crippen LogP contribution is 2.39. The van der Waals surface area contributed by atoms with E-state index >= 15 is 0 Å². The molecule has 1 nitrogen and oxygen atoms in total. The first-order chi connectivity index (χ1) is 8.93. The van der Waals surface area contributed by atoms with Crippen molar-refractivity contribution in [1.29, 1.82) is 0 Å². The van der Waals surface area contributed by atoms with E-state index in [1.54, 1.807) is 0 Å². The van der Waals surface area contributed by atoms with E-state index in [9.17, 15) is 0 Å². The molecule has 0 bridgehead atoms. The molecular weight excluding hydrogens is 218 g/mol. The Hall–Kier alpha value is -2.02. The van der Waals surface area contributed by atoms with Crippen LogP contribution >= 0.6 is 0 Å². The number of aromatic nitrogens is 1. The van der Waals surface area contributed by atoms with Gasteiger partial charge in [0.25, 0.3) is 0 Å². The predicted octanol–water partition coefficient (Wildman–Crippen LogP) is 4.77. The molecule has 0 unspecified atom stereocenters. The predicted molar refractivity (Wildman–Crippen MR) is 77.9 cm³/mol. The molecule has 0 aliphatic heterocycles. The summed E-state index contributed by atoms with van der Waals surface area (Å²) >= 11 is 0. The average molecular weight is 235 g/mol. The molecule has 18 heavy (non-hydrogen) atoms. The number of nitrogens with one attached hydrogen (secondary N) is 1. The SMILES string of the molecule is CC.c1ccc2c(c1)Cc1c-2[nH]c2ccccc12. The third kappa shape index (κ3) is 1.47. The molecule has 0 atom stereocenters. The van der Waals surface area contributed by atoms with Crippen molar-refractivity contribution in [2.75, 3.05) is 0 Å². The summed E-state index contributed by atoms with van der Waals surface area (Å²) in [5.41, 5.74) is 6.83. The quantitative estimate of drug-likeness (QED) is 0.452. The van der Waals surface area contributed by atoms with Crippen molar-refractivity contribution in [3.8, 4) is 11.3 Å². The Bertz CT molecular complexity index is 692. The van der Waals surface area contributed by atoms with Crippen LogP contribution in [-0.2, 0) is 6.42 Å². The van der Waals surface area contributed by atoms with Gasteiger partial charge in [0.2, 0.25) is 0 Å². The van der Waals surface area contributed by atoms with E-state index in [4.69, 9.17) is 0 Å². The van der Waals surface area contributed by atoms with Crippen LogP contribution in [0.1, 0.15) is 25.0 Å². The van der Waals surface area contributed by atoms with Gasteiger partial charge in [-0.05, 0) is 17.2 Å². The Kier molecular flexibility index (Phi) is 2.67. The second kappa shape index (κ2) is 4.34. The van der Waals surface area contributed by atoms with Crippen LogP contribution in [0.5, 0.6) is 0 Å². The summed E-state index contributed by atoms with van der Waals surface area (Å²) in [4.78, 5) is 3.53. The van der Waals surface area contributed by atoms with Crippen molar-refractivity contribution < 1.29 is 0 Å². The van der Waals surface area contributed by atoms with Crippen molar-refractivity contribution >= 4 is 10.9 Å². The van der Waals surface area contributed by atoms with Gasteiger partial charge in [-0.25, -0.2) is 0 Å². The fourth-order valence-electron chi connectivity index (χ4n) is 2.72. The average Bonchev–Trinajstić information content (AvgIpc) is 2.97. The Morgan fingerprint density at radius 2 is 1.61 bits per heavy atom. The van der Waals surface area contributed by atoms with Gasteiger partial charge < -0.3 is 4.98 Å². The summed E-state index contributed by atoms with van der Waals surface area (Å²) in [6.07, 6.45) is 1.06. The van der Waals surface area contributed by atoms with E-state index < -0.39 is 0 Å². The summed E-state index contributed by atoms with van der Waals surface area (Å²) in [7, 11) is 0. The standard InChI is InChI=1S/C15H11N.C2H6/c1-2-6-11-10(5-1)9-13-12-7-3-4-8-14(12)16-15(11)13;1-2/h1-8,16H,9H2;1-2H3. The monoisotopic (exact) mass is 235 g/mol. The number of hydrogen-bond donors (Lipinski definition) is 1. The number of benzene rings is 2. The maximum atomic E-state index is 3.53. The topological polar surface area (TPSA) is 15.8 Å². The number of rotatable bonds is 0. The molecule has 0 fully saturated rings. The van der Waals surface area contributed by atoms with Gasteiger partial charge in [0.1, 0.15) is 0 Å². The van der Waals surface area contributed by atoms with Crippen LogP contribution in [0.15, 0.2) is 48.5 Å². The van der Waals surface area contributed by atoms with E-state index in [2.05, 4.69) is 53.5 Å². The Balaban J connectivity index is 0.000000478. The van der Waals surface area contributed by atoms with Crippen LogP contribution in [0, 0.1) is 0 Å². The van der Waals surface area contributed by atoms with Gasteiger partial charge >= 0.3 is 0 Å². The number of hydrogen-bond acceptors (Lipinski definition) is 0. The largest absolute Gasteiger partial charge is 0.354 e. The normalized spacial score (nSPS) is 11.7. The molecule has 1 heteroatoms. The van der Waals surface area contributed by atoms with Crippen molar-refractivity contribution in [3.63, 3.8) is 0 Å². The first-order valence-electron chi connectivity index (χ1n) is 6.61. The molecule has 1 heterocycles. The van der Waals surface area contributed by atoms with E-state index in [-0.39, 0.29) is 0 Å². The first-order valence-corrected chi connectivity index (χ1v) is 6.61. The second-order valence-corrected chi connectivity index (χ2v) is 4.36. The Labute approximate surface area is 107 Å². The minimum absolute atomic E-state index is 1.06. The van der Waals surface area contributed by atoms with Crippen molar-refractivity contribution in [3.05, 3.63) is 59.7 Å². The van der Waals surface area contributed by atoms with E-state index in [0.717, 1.165) is 6.42 Å². The maximum absolute atomic E-state index is 3.53. The van der Waals surface area contributed by atoms with Crippen LogP contribution < -0.4 is 0 Å². The maximum Gasteiger partial charge on any atom is 0.0503 e. The number of aromatic amines is 1. The first kappa shape index (κ1) is 11.1. The van der Waals surface area contributed by atoms with Crippen LogP contribution in [0.25, 0.3) is 22.2 Å². The third-order valence-electron chi connectivity index (χ3n) is 3.47. The molecule has 0 saturated heterocycles. The molecule has 2 aromatic carbocycles. The van der Waals surface area contributed by atoms with E-state index in [0.29, 0.717) is 0 Å². The highest BCUT2D eigenvalue weighted by Gasteiger charge is 2.21. The zero-order valence-electron chi connectivity index (χ0n) is 10.8. The Morgan fingerprint density at radius 1 is 0.889 bits per heavy atom. The number of H-pyrrole nitrogens is 1. The van der Waals surface area contributed by atoms with Crippen molar-refractivity contribution in [2.45, 2.75) is 20.3 Å². The lowest BCUT2D eigenvalue weighted by molar-refractivity contribution is 1.29. The van der Waals surface area contributed by atoms with Gasteiger partial charge in [-0.3, -0.25) is 0 Å². The summed E-state index contributed by atoms with van der Waals surface area (Å²) < 4.78 is 0. The molecule has 0 amide bonds. The fraction of sp³-hybridized carbons (Fsp3) is 0.176. The highest BCUT2D eigenvalue weighted by molar-refractivity contribution is 5.94. The molecule has 3 aromatic rings. The zero-order chi connectivity index (χ0) is 12.5. The van der Waals surface area contributed by atoms with Gasteiger partial charge in [-0.1, -0.05) is 56.3 Å². The fourth-order valence-corrected chi connectivity index (χ4v) is 2.72.